The van der Waals surface area contributed by atoms with Crippen LogP contribution in [0.15, 0.2) is 28.7 Å². The molecule has 0 aliphatic rings. The maximum atomic E-state index is 8.97. The Balaban J connectivity index is 2.86. The van der Waals surface area contributed by atoms with Gasteiger partial charge in [-0.15, -0.1) is 0 Å². The van der Waals surface area contributed by atoms with Gasteiger partial charge in [0.25, 0.3) is 0 Å². The summed E-state index contributed by atoms with van der Waals surface area (Å²) in [5, 5.41) is 9.93. The van der Waals surface area contributed by atoms with E-state index in [9.17, 15) is 0 Å². The Morgan fingerprint density at radius 2 is 2.30 bits per heavy atom. The van der Waals surface area contributed by atoms with E-state index < -0.39 is 0 Å². The molecule has 1 heterocycles. The third-order valence-corrected chi connectivity index (χ3v) is 1.38. The van der Waals surface area contributed by atoms with Crippen LogP contribution in [-0.2, 0) is 0 Å². The topological polar surface area (TPSA) is 33.4 Å². The Hall–Kier alpha value is -1.44. The van der Waals surface area contributed by atoms with Gasteiger partial charge in [0.2, 0.25) is 0 Å². The van der Waals surface area contributed by atoms with Gasteiger partial charge >= 0.3 is 0 Å². The van der Waals surface area contributed by atoms with Gasteiger partial charge in [0.15, 0.2) is 6.26 Å². The molecule has 0 aliphatic heterocycles. The first-order chi connectivity index (χ1) is 4.86. The first-order valence-corrected chi connectivity index (χ1v) is 2.95. The molecule has 1 aromatic carbocycles. The van der Waals surface area contributed by atoms with E-state index in [0.717, 1.165) is 5.39 Å². The molecule has 0 bridgehead atoms. The summed E-state index contributed by atoms with van der Waals surface area (Å²) in [5.74, 6) is 0.218. The van der Waals surface area contributed by atoms with Gasteiger partial charge in [-0.2, -0.15) is 0 Å². The van der Waals surface area contributed by atoms with E-state index >= 15 is 0 Å². The first-order valence-electron chi connectivity index (χ1n) is 2.95. The number of fused-ring (bicyclic) bond motifs is 1. The zero-order valence-electron chi connectivity index (χ0n) is 5.16. The maximum Gasteiger partial charge on any atom is 0.170 e. The zero-order chi connectivity index (χ0) is 6.97. The molecule has 0 aliphatic carbocycles. The molecule has 49 valence electrons. The highest BCUT2D eigenvalue weighted by atomic mass is 16.3. The van der Waals surface area contributed by atoms with Gasteiger partial charge in [0, 0.05) is 11.5 Å². The third kappa shape index (κ3) is 0.658. The van der Waals surface area contributed by atoms with E-state index in [-0.39, 0.29) is 5.75 Å². The predicted octanol–water partition coefficient (Wildman–Crippen LogP) is 1.94. The lowest BCUT2D eigenvalue weighted by Crippen LogP contribution is -1.62. The van der Waals surface area contributed by atoms with E-state index in [1.54, 1.807) is 24.3 Å². The van der Waals surface area contributed by atoms with Crippen molar-refractivity contribution in [3.05, 3.63) is 30.5 Å². The van der Waals surface area contributed by atoms with Gasteiger partial charge < -0.3 is 9.52 Å². The lowest BCUT2D eigenvalue weighted by atomic mass is 10.2. The van der Waals surface area contributed by atoms with Crippen LogP contribution in [0, 0.1) is 6.26 Å². The quantitative estimate of drug-likeness (QED) is 0.595. The van der Waals surface area contributed by atoms with Gasteiger partial charge in [-0.05, 0) is 18.2 Å². The van der Waals surface area contributed by atoms with Crippen molar-refractivity contribution in [1.82, 2.24) is 0 Å². The number of phenols is 1. The largest absolute Gasteiger partial charge is 0.508 e. The highest BCUT2D eigenvalue weighted by molar-refractivity contribution is 5.78. The molecule has 10 heavy (non-hydrogen) atoms. The second-order valence-electron chi connectivity index (χ2n) is 2.09. The molecule has 0 amide bonds. The van der Waals surface area contributed by atoms with Gasteiger partial charge in [-0.1, -0.05) is 0 Å². The number of rotatable bonds is 0. The SMILES string of the molecule is Oc1ccc2c[c]oc2c1. The van der Waals surface area contributed by atoms with Crippen LogP contribution in [0.2, 0.25) is 0 Å². The Bertz CT molecular complexity index is 349. The van der Waals surface area contributed by atoms with Gasteiger partial charge in [0.05, 0.1) is 0 Å². The van der Waals surface area contributed by atoms with Crippen LogP contribution in [0.3, 0.4) is 0 Å². The lowest BCUT2D eigenvalue weighted by Gasteiger charge is -1.88. The minimum atomic E-state index is 0.218. The number of hydrogen-bond acceptors (Lipinski definition) is 2. The number of benzene rings is 1. The van der Waals surface area contributed by atoms with Crippen LogP contribution in [0.25, 0.3) is 11.0 Å². The molecule has 0 fully saturated rings. The summed E-state index contributed by atoms with van der Waals surface area (Å²) >= 11 is 0. The molecule has 0 spiro atoms. The summed E-state index contributed by atoms with van der Waals surface area (Å²) in [4.78, 5) is 0. The smallest absolute Gasteiger partial charge is 0.170 e. The molecule has 1 N–H and O–H groups in total. The molecular weight excluding hydrogens is 128 g/mol. The fourth-order valence-corrected chi connectivity index (χ4v) is 0.887. The molecule has 2 aromatic rings. The van der Waals surface area contributed by atoms with Crippen molar-refractivity contribution < 1.29 is 9.52 Å². The molecule has 1 radical (unpaired) electrons. The number of phenolic OH excluding ortho intramolecular Hbond substituents is 1. The standard InChI is InChI=1S/C8H5O2/c9-7-2-1-6-3-4-10-8(6)5-7/h1-3,5,9H. The van der Waals surface area contributed by atoms with Crippen LogP contribution in [0.4, 0.5) is 0 Å². The van der Waals surface area contributed by atoms with Crippen LogP contribution >= 0.6 is 0 Å². The second-order valence-corrected chi connectivity index (χ2v) is 2.09. The monoisotopic (exact) mass is 133 g/mol. The minimum Gasteiger partial charge on any atom is -0.508 e. The van der Waals surface area contributed by atoms with Crippen molar-refractivity contribution in [3.63, 3.8) is 0 Å². The van der Waals surface area contributed by atoms with Gasteiger partial charge in [-0.3, -0.25) is 0 Å². The Morgan fingerprint density at radius 1 is 1.40 bits per heavy atom. The summed E-state index contributed by atoms with van der Waals surface area (Å²) in [5.41, 5.74) is 0.667. The fourth-order valence-electron chi connectivity index (χ4n) is 0.887. The molecule has 0 atom stereocenters. The molecule has 2 nitrogen and oxygen atoms in total. The van der Waals surface area contributed by atoms with Gasteiger partial charge in [0.1, 0.15) is 11.3 Å². The minimum absolute atomic E-state index is 0.218. The van der Waals surface area contributed by atoms with E-state index in [2.05, 4.69) is 6.26 Å². The summed E-state index contributed by atoms with van der Waals surface area (Å²) in [6, 6.07) is 6.69. The predicted molar refractivity (Wildman–Crippen MR) is 36.7 cm³/mol. The van der Waals surface area contributed by atoms with Crippen molar-refractivity contribution in [1.29, 1.82) is 0 Å². The zero-order valence-corrected chi connectivity index (χ0v) is 5.16. The van der Waals surface area contributed by atoms with Crippen LogP contribution in [-0.4, -0.2) is 5.11 Å². The van der Waals surface area contributed by atoms with Crippen molar-refractivity contribution in [3.8, 4) is 5.75 Å². The Kier molecular flexibility index (Phi) is 0.947. The number of hydrogen-bond donors (Lipinski definition) is 1. The van der Waals surface area contributed by atoms with Gasteiger partial charge in [-0.25, -0.2) is 0 Å². The molecule has 0 saturated carbocycles. The van der Waals surface area contributed by atoms with Crippen molar-refractivity contribution in [2.45, 2.75) is 0 Å². The fraction of sp³-hybridized carbons (Fsp3) is 0. The maximum absolute atomic E-state index is 8.97. The average molecular weight is 133 g/mol. The summed E-state index contributed by atoms with van der Waals surface area (Å²) in [6.45, 7) is 0. The second kappa shape index (κ2) is 1.77. The summed E-state index contributed by atoms with van der Waals surface area (Å²) in [7, 11) is 0. The van der Waals surface area contributed by atoms with E-state index in [1.165, 1.54) is 0 Å². The van der Waals surface area contributed by atoms with Crippen LogP contribution < -0.4 is 0 Å². The Labute approximate surface area is 57.7 Å². The molecular formula is C8H5O2. The van der Waals surface area contributed by atoms with Crippen LogP contribution in [0.1, 0.15) is 0 Å². The Morgan fingerprint density at radius 3 is 3.20 bits per heavy atom. The first kappa shape index (κ1) is 5.35. The average Bonchev–Trinajstić information content (AvgIpc) is 2.33. The van der Waals surface area contributed by atoms with E-state index in [0.29, 0.717) is 5.58 Å². The molecule has 0 saturated heterocycles. The molecule has 2 heteroatoms. The third-order valence-electron chi connectivity index (χ3n) is 1.38. The number of aromatic hydroxyl groups is 1. The summed E-state index contributed by atoms with van der Waals surface area (Å²) in [6.07, 6.45) is 2.58. The van der Waals surface area contributed by atoms with E-state index in [4.69, 9.17) is 9.52 Å². The van der Waals surface area contributed by atoms with Crippen molar-refractivity contribution in [2.75, 3.05) is 0 Å². The molecule has 1 aromatic heterocycles. The van der Waals surface area contributed by atoms with Crippen LogP contribution in [0.5, 0.6) is 5.75 Å². The van der Waals surface area contributed by atoms with Crippen molar-refractivity contribution in [2.24, 2.45) is 0 Å². The highest BCUT2D eigenvalue weighted by Crippen LogP contribution is 2.19. The highest BCUT2D eigenvalue weighted by Gasteiger charge is 1.95. The number of furan rings is 1. The normalized spacial score (nSPS) is 10.4. The lowest BCUT2D eigenvalue weighted by molar-refractivity contribution is 0.474. The summed E-state index contributed by atoms with van der Waals surface area (Å²) < 4.78 is 4.91. The van der Waals surface area contributed by atoms with Crippen molar-refractivity contribution >= 4 is 11.0 Å². The molecule has 0 unspecified atom stereocenters. The van der Waals surface area contributed by atoms with E-state index in [1.807, 2.05) is 0 Å². The molecule has 2 rings (SSSR count).